The lowest BCUT2D eigenvalue weighted by atomic mass is 9.99. The van der Waals surface area contributed by atoms with E-state index in [4.69, 9.17) is 37.9 Å². The maximum absolute atomic E-state index is 13.6. The Hall–Kier alpha value is -5.39. The minimum absolute atomic E-state index is 0.0331. The Balaban J connectivity index is 0.858. The van der Waals surface area contributed by atoms with Gasteiger partial charge in [-0.1, -0.05) is 34.1 Å². The number of urea groups is 1. The topological polar surface area (TPSA) is 540 Å². The largest absolute Gasteiger partial charge is 0.491 e. The van der Waals surface area contributed by atoms with E-state index in [2.05, 4.69) is 42.1 Å². The number of thioether (sulfide) groups is 1. The van der Waals surface area contributed by atoms with Crippen molar-refractivity contribution < 1.29 is 140 Å². The summed E-state index contributed by atoms with van der Waals surface area (Å²) in [4.78, 5) is 119. The van der Waals surface area contributed by atoms with Crippen molar-refractivity contribution >= 4 is 96.8 Å². The van der Waals surface area contributed by atoms with Crippen LogP contribution in [0.15, 0.2) is 24.3 Å². The number of nitrogens with one attached hydrogen (secondary N) is 7. The zero-order valence-electron chi connectivity index (χ0n) is 51.8. The number of hydrogen-bond acceptors (Lipinski definition) is 31. The standard InChI is InChI=1S/C55H84N8O29S4/c64-24-33-47(43(70)45(72)53(78)90-33)88-26-30(27-89-48-34(25-65)91-54(79)46(73)44(48)71)59-49(74)29-4-3-5-31(22-29)87-19-18-86-17-16-85-15-14-84-13-11-58-51(76)42(50(75)57-10-8-40(69)92-63-39(68)23-36(52(63)77)96(81,82)83)61-38(67)9-20-94-95-21-12-56-37(66)7-2-1-6-35-41-32(28-93-35)60-55(80)62-41/h3-5,22,30,32-36,41-48,53-54,64-65,70-73,78-79H,1-2,6-21,23-28H2,(H,56,66)(H,57,75)(H,58,76)(H,59,74)(H,61,67)(H2,60,62,80)(H,81,82,83). The van der Waals surface area contributed by atoms with Crippen LogP contribution in [0.4, 0.5) is 4.79 Å². The third-order valence-corrected chi connectivity index (χ3v) is 20.0. The second kappa shape index (κ2) is 40.6. The maximum Gasteiger partial charge on any atom is 0.334 e. The van der Waals surface area contributed by atoms with Gasteiger partial charge in [-0.3, -0.25) is 38.1 Å². The fourth-order valence-electron chi connectivity index (χ4n) is 10.0. The van der Waals surface area contributed by atoms with Crippen LogP contribution in [0.5, 0.6) is 5.75 Å². The van der Waals surface area contributed by atoms with Crippen LogP contribution in [0.25, 0.3) is 0 Å². The smallest absolute Gasteiger partial charge is 0.334 e. The molecule has 5 heterocycles. The molecule has 0 radical (unpaired) electrons. The number of amides is 9. The minimum Gasteiger partial charge on any atom is -0.491 e. The first-order chi connectivity index (χ1) is 45.9. The second-order valence-corrected chi connectivity index (χ2v) is 27.7. The molecule has 0 saturated carbocycles. The van der Waals surface area contributed by atoms with Crippen molar-refractivity contribution in [2.75, 3.05) is 110 Å². The third kappa shape index (κ3) is 25.1. The number of aliphatic hydroxyl groups is 8. The summed E-state index contributed by atoms with van der Waals surface area (Å²) in [6.45, 7) is -2.28. The molecule has 96 heavy (non-hydrogen) atoms. The van der Waals surface area contributed by atoms with Crippen molar-refractivity contribution in [2.24, 2.45) is 0 Å². The van der Waals surface area contributed by atoms with Crippen LogP contribution in [0.1, 0.15) is 55.3 Å². The Morgan fingerprint density at radius 2 is 1.30 bits per heavy atom. The lowest BCUT2D eigenvalue weighted by Gasteiger charge is -2.41. The molecule has 37 nitrogen and oxygen atoms in total. The van der Waals surface area contributed by atoms with Crippen molar-refractivity contribution in [2.45, 2.75) is 141 Å². The van der Waals surface area contributed by atoms with Crippen molar-refractivity contribution in [3.63, 3.8) is 0 Å². The molecule has 9 amide bonds. The SMILES string of the molecule is O=C(CCCCC1SCC2NC(=O)NC21)NCCSSCCC(=O)NC(C(=O)NCCOCCOCCOCCOc1cccc(C(=O)NC(COC2C(CO)OC(O)C(O)C2O)COC2C(CO)OC(O)C(O)C2O)c1)C(=O)NCCC(=O)ON1C(=O)CC(S(=O)(=O)O)C1=O. The van der Waals surface area contributed by atoms with Gasteiger partial charge in [0, 0.05) is 60.5 Å². The number of unbranched alkanes of at least 4 members (excludes halogenated alkanes) is 1. The highest BCUT2D eigenvalue weighted by atomic mass is 33.1. The minimum atomic E-state index is -4.99. The van der Waals surface area contributed by atoms with E-state index in [1.807, 2.05) is 11.8 Å². The van der Waals surface area contributed by atoms with Crippen LogP contribution in [0, 0.1) is 0 Å². The van der Waals surface area contributed by atoms with Gasteiger partial charge in [0.2, 0.25) is 11.8 Å². The Kier molecular flexibility index (Phi) is 33.7. The predicted molar refractivity (Wildman–Crippen MR) is 332 cm³/mol. The van der Waals surface area contributed by atoms with Gasteiger partial charge in [0.15, 0.2) is 23.9 Å². The van der Waals surface area contributed by atoms with E-state index in [1.54, 1.807) is 6.07 Å². The Bertz CT molecular complexity index is 2800. The number of benzene rings is 1. The normalized spacial score (nSPS) is 27.0. The highest BCUT2D eigenvalue weighted by molar-refractivity contribution is 8.76. The third-order valence-electron chi connectivity index (χ3n) is 15.0. The van der Waals surface area contributed by atoms with Crippen molar-refractivity contribution in [1.29, 1.82) is 0 Å². The highest BCUT2D eigenvalue weighted by Gasteiger charge is 2.50. The lowest BCUT2D eigenvalue weighted by Crippen LogP contribution is -2.61. The molecule has 5 fully saturated rings. The number of aliphatic hydroxyl groups excluding tert-OH is 8. The molecule has 16 N–H and O–H groups in total. The fraction of sp³-hybridized carbons (Fsp3) is 0.727. The van der Waals surface area contributed by atoms with Crippen molar-refractivity contribution in [3.05, 3.63) is 29.8 Å². The van der Waals surface area contributed by atoms with E-state index in [9.17, 15) is 97.0 Å². The molecule has 542 valence electrons. The summed E-state index contributed by atoms with van der Waals surface area (Å²) in [6, 6.07) is 3.09. The summed E-state index contributed by atoms with van der Waals surface area (Å²) < 4.78 is 76.3. The monoisotopic (exact) mass is 1450 g/mol. The highest BCUT2D eigenvalue weighted by Crippen LogP contribution is 2.33. The number of nitrogens with zero attached hydrogens (tertiary/aromatic N) is 1. The number of rotatable bonds is 43. The van der Waals surface area contributed by atoms with Gasteiger partial charge in [0.05, 0.1) is 97.0 Å². The van der Waals surface area contributed by atoms with Gasteiger partial charge in [-0.05, 0) is 31.0 Å². The fourth-order valence-corrected chi connectivity index (χ4v) is 14.2. The van der Waals surface area contributed by atoms with Crippen LogP contribution in [-0.2, 0) is 81.7 Å². The van der Waals surface area contributed by atoms with E-state index in [0.29, 0.717) is 30.4 Å². The average molecular weight is 1450 g/mol. The molecule has 0 spiro atoms. The van der Waals surface area contributed by atoms with Crippen LogP contribution in [0.3, 0.4) is 0 Å². The van der Waals surface area contributed by atoms with Gasteiger partial charge in [-0.15, -0.1) is 5.06 Å². The van der Waals surface area contributed by atoms with E-state index < -0.39 is 176 Å². The number of hydrogen-bond donors (Lipinski definition) is 16. The first-order valence-electron chi connectivity index (χ1n) is 30.6. The van der Waals surface area contributed by atoms with Crippen LogP contribution < -0.4 is 42.0 Å². The van der Waals surface area contributed by atoms with E-state index in [-0.39, 0.29) is 105 Å². The molecule has 5 aliphatic heterocycles. The maximum atomic E-state index is 13.6. The summed E-state index contributed by atoms with van der Waals surface area (Å²) in [7, 11) is -2.28. The number of imide groups is 1. The molecule has 0 aliphatic carbocycles. The van der Waals surface area contributed by atoms with Crippen molar-refractivity contribution in [3.8, 4) is 5.75 Å². The zero-order chi connectivity index (χ0) is 69.9. The van der Waals surface area contributed by atoms with E-state index in [1.165, 1.54) is 39.8 Å². The number of ether oxygens (including phenoxy) is 8. The second-order valence-electron chi connectivity index (χ2n) is 22.1. The molecular formula is C55H84N8O29S4. The van der Waals surface area contributed by atoms with Crippen molar-refractivity contribution in [1.82, 2.24) is 42.3 Å². The van der Waals surface area contributed by atoms with Gasteiger partial charge < -0.3 is 121 Å². The zero-order valence-corrected chi connectivity index (χ0v) is 55.1. The molecule has 1 aromatic rings. The molecule has 0 bridgehead atoms. The van der Waals surface area contributed by atoms with Crippen LogP contribution >= 0.6 is 33.3 Å². The summed E-state index contributed by atoms with van der Waals surface area (Å²) in [5, 5.41) is 97.6. The molecule has 6 rings (SSSR count). The Morgan fingerprint density at radius 3 is 1.92 bits per heavy atom. The number of hydroxylamine groups is 2. The predicted octanol–water partition coefficient (Wildman–Crippen LogP) is -6.96. The average Bonchev–Trinajstić information content (AvgIpc) is 1.46. The molecule has 5 saturated heterocycles. The van der Waals surface area contributed by atoms with Crippen LogP contribution in [0.2, 0.25) is 0 Å². The molecular weight excluding hydrogens is 1360 g/mol. The van der Waals surface area contributed by atoms with Gasteiger partial charge in [-0.25, -0.2) is 9.59 Å². The lowest BCUT2D eigenvalue weighted by molar-refractivity contribution is -0.299. The van der Waals surface area contributed by atoms with Gasteiger partial charge in [0.1, 0.15) is 61.2 Å². The molecule has 41 heteroatoms. The summed E-state index contributed by atoms with van der Waals surface area (Å²) in [5.41, 5.74) is 0.0823. The molecule has 15 unspecified atom stereocenters. The number of fused-ring (bicyclic) bond motifs is 1. The van der Waals surface area contributed by atoms with Gasteiger partial charge in [0.25, 0.3) is 39.7 Å². The first kappa shape index (κ1) is 79.6. The van der Waals surface area contributed by atoms with E-state index in [0.717, 1.165) is 18.6 Å². The number of carbonyl (C=O) groups excluding carboxylic acids is 9. The summed E-state index contributed by atoms with van der Waals surface area (Å²) >= 11 is 1.81. The summed E-state index contributed by atoms with van der Waals surface area (Å²) in [5.74, 6) is -5.60. The van der Waals surface area contributed by atoms with Gasteiger partial charge in [-0.2, -0.15) is 20.2 Å². The molecule has 15 atom stereocenters. The van der Waals surface area contributed by atoms with E-state index >= 15 is 0 Å². The Morgan fingerprint density at radius 1 is 0.698 bits per heavy atom. The number of carbonyl (C=O) groups is 9. The summed E-state index contributed by atoms with van der Waals surface area (Å²) in [6.07, 6.45) is -15.2. The Labute approximate surface area is 562 Å². The molecule has 0 aromatic heterocycles. The molecule has 1 aromatic carbocycles. The molecule has 5 aliphatic rings. The first-order valence-corrected chi connectivity index (χ1v) is 35.6. The van der Waals surface area contributed by atoms with Crippen LogP contribution in [-0.4, -0.2) is 318 Å². The quantitative estimate of drug-likeness (QED) is 0.00721. The van der Waals surface area contributed by atoms with Gasteiger partial charge >= 0.3 is 12.0 Å².